The van der Waals surface area contributed by atoms with E-state index in [4.69, 9.17) is 39.1 Å². The highest BCUT2D eigenvalue weighted by Crippen LogP contribution is 2.29. The van der Waals surface area contributed by atoms with Gasteiger partial charge in [-0.15, -0.1) is 0 Å². The number of carbonyl (C=O) groups is 1. The standard InChI is InChI=1S/C29H34Cl2N8O2/c1-38-10-12-39(13-11-38)20-3-4-21(24(17-20)34-19-8-14-41-15-9-19)29(40)37-28(33)27-23(32)6-7-26(36-27)35-25-16-18(30)2-5-22(25)31/h2-7,16-17,19,34H,8-15,32H2,1H3,(H,35,36)(H2,33,37,40). The number of halogens is 2. The first-order chi connectivity index (χ1) is 19.8. The van der Waals surface area contributed by atoms with Crippen LogP contribution in [0.5, 0.6) is 0 Å². The van der Waals surface area contributed by atoms with Gasteiger partial charge in [0.15, 0.2) is 5.84 Å². The number of rotatable bonds is 7. The van der Waals surface area contributed by atoms with Crippen LogP contribution in [0.2, 0.25) is 10.0 Å². The molecule has 1 aromatic heterocycles. The molecule has 0 unspecified atom stereocenters. The average molecular weight is 598 g/mol. The predicted molar refractivity (Wildman–Crippen MR) is 166 cm³/mol. The minimum atomic E-state index is -0.424. The van der Waals surface area contributed by atoms with Crippen molar-refractivity contribution in [3.63, 3.8) is 0 Å². The first-order valence-electron chi connectivity index (χ1n) is 13.6. The smallest absolute Gasteiger partial charge is 0.258 e. The Balaban J connectivity index is 1.36. The van der Waals surface area contributed by atoms with E-state index in [0.29, 0.717) is 40.3 Å². The lowest BCUT2D eigenvalue weighted by atomic mass is 10.1. The van der Waals surface area contributed by atoms with E-state index < -0.39 is 5.91 Å². The number of hydrogen-bond acceptors (Lipinski definition) is 9. The van der Waals surface area contributed by atoms with Crippen LogP contribution in [0, 0.1) is 5.41 Å². The van der Waals surface area contributed by atoms with Crippen LogP contribution in [-0.2, 0) is 4.74 Å². The third-order valence-electron chi connectivity index (χ3n) is 7.29. The molecule has 3 heterocycles. The zero-order valence-corrected chi connectivity index (χ0v) is 24.4. The Morgan fingerprint density at radius 3 is 2.54 bits per heavy atom. The van der Waals surface area contributed by atoms with Crippen molar-refractivity contribution in [2.75, 3.05) is 67.7 Å². The van der Waals surface area contributed by atoms with Gasteiger partial charge in [0, 0.05) is 61.8 Å². The fourth-order valence-electron chi connectivity index (χ4n) is 4.88. The van der Waals surface area contributed by atoms with Crippen molar-refractivity contribution >= 4 is 63.5 Å². The number of amidine groups is 1. The van der Waals surface area contributed by atoms with Crippen LogP contribution in [0.15, 0.2) is 48.5 Å². The van der Waals surface area contributed by atoms with E-state index in [9.17, 15) is 4.79 Å². The number of nitrogens with zero attached hydrogens (tertiary/aromatic N) is 3. The SMILES string of the molecule is CN1CCN(c2ccc(C(=O)NC(=N)c3nc(Nc4cc(Cl)ccc4Cl)ccc3N)c(NC3CCOCC3)c2)CC1. The maximum absolute atomic E-state index is 13.5. The number of hydrogen-bond donors (Lipinski definition) is 5. The molecule has 2 aromatic carbocycles. The predicted octanol–water partition coefficient (Wildman–Crippen LogP) is 4.81. The van der Waals surface area contributed by atoms with Crippen LogP contribution in [0.4, 0.5) is 28.6 Å². The third-order valence-corrected chi connectivity index (χ3v) is 7.85. The Bertz CT molecular complexity index is 1420. The van der Waals surface area contributed by atoms with E-state index in [-0.39, 0.29) is 23.3 Å². The molecule has 2 saturated heterocycles. The van der Waals surface area contributed by atoms with E-state index in [1.54, 1.807) is 30.3 Å². The van der Waals surface area contributed by atoms with Crippen molar-refractivity contribution in [3.8, 4) is 0 Å². The number of nitrogen functional groups attached to an aromatic ring is 1. The summed E-state index contributed by atoms with van der Waals surface area (Å²) in [6.07, 6.45) is 1.71. The molecule has 12 heteroatoms. The van der Waals surface area contributed by atoms with E-state index in [1.165, 1.54) is 0 Å². The summed E-state index contributed by atoms with van der Waals surface area (Å²) in [5, 5.41) is 19.0. The Kier molecular flexibility index (Phi) is 9.14. The van der Waals surface area contributed by atoms with E-state index in [0.717, 1.165) is 50.4 Å². The second-order valence-corrected chi connectivity index (χ2v) is 11.1. The normalized spacial score (nSPS) is 16.3. The van der Waals surface area contributed by atoms with Gasteiger partial charge in [-0.2, -0.15) is 0 Å². The van der Waals surface area contributed by atoms with Crippen molar-refractivity contribution in [1.29, 1.82) is 5.41 Å². The van der Waals surface area contributed by atoms with Gasteiger partial charge in [0.25, 0.3) is 5.91 Å². The van der Waals surface area contributed by atoms with Crippen molar-refractivity contribution < 1.29 is 9.53 Å². The topological polar surface area (TPSA) is 132 Å². The van der Waals surface area contributed by atoms with Gasteiger partial charge in [-0.25, -0.2) is 4.98 Å². The van der Waals surface area contributed by atoms with Crippen LogP contribution in [0.25, 0.3) is 0 Å². The molecule has 0 spiro atoms. The summed E-state index contributed by atoms with van der Waals surface area (Å²) in [5.41, 5.74) is 9.33. The minimum Gasteiger partial charge on any atom is -0.397 e. The molecule has 0 radical (unpaired) electrons. The van der Waals surface area contributed by atoms with E-state index in [1.807, 2.05) is 18.2 Å². The molecule has 216 valence electrons. The monoisotopic (exact) mass is 596 g/mol. The number of nitrogens with one attached hydrogen (secondary N) is 4. The number of anilines is 5. The number of pyridine rings is 1. The van der Waals surface area contributed by atoms with Gasteiger partial charge < -0.3 is 36.2 Å². The lowest BCUT2D eigenvalue weighted by Gasteiger charge is -2.34. The van der Waals surface area contributed by atoms with Gasteiger partial charge in [-0.05, 0) is 68.4 Å². The van der Waals surface area contributed by atoms with E-state index in [2.05, 4.69) is 37.8 Å². The fourth-order valence-corrected chi connectivity index (χ4v) is 5.22. The number of amides is 1. The molecule has 0 aliphatic carbocycles. The lowest BCUT2D eigenvalue weighted by Crippen LogP contribution is -2.44. The highest BCUT2D eigenvalue weighted by molar-refractivity contribution is 6.35. The van der Waals surface area contributed by atoms with Gasteiger partial charge in [0.05, 0.1) is 22.0 Å². The molecule has 0 atom stereocenters. The minimum absolute atomic E-state index is 0.134. The third kappa shape index (κ3) is 7.20. The molecule has 1 amide bonds. The quantitative estimate of drug-likeness (QED) is 0.194. The number of aromatic nitrogens is 1. The van der Waals surface area contributed by atoms with Crippen molar-refractivity contribution in [3.05, 3.63) is 69.8 Å². The van der Waals surface area contributed by atoms with Crippen molar-refractivity contribution in [1.82, 2.24) is 15.2 Å². The maximum Gasteiger partial charge on any atom is 0.258 e. The van der Waals surface area contributed by atoms with Crippen LogP contribution in [0.3, 0.4) is 0 Å². The molecule has 5 rings (SSSR count). The first-order valence-corrected chi connectivity index (χ1v) is 14.3. The molecule has 2 aliphatic heterocycles. The van der Waals surface area contributed by atoms with Gasteiger partial charge in [0.2, 0.25) is 0 Å². The number of likely N-dealkylation sites (N-methyl/N-ethyl adjacent to an activating group) is 1. The molecule has 3 aromatic rings. The summed E-state index contributed by atoms with van der Waals surface area (Å²) in [7, 11) is 2.12. The van der Waals surface area contributed by atoms with Gasteiger partial charge in [-0.3, -0.25) is 10.2 Å². The highest BCUT2D eigenvalue weighted by atomic mass is 35.5. The molecule has 41 heavy (non-hydrogen) atoms. The number of nitrogens with two attached hydrogens (primary N) is 1. The fraction of sp³-hybridized carbons (Fsp3) is 0.345. The van der Waals surface area contributed by atoms with Crippen molar-refractivity contribution in [2.24, 2.45) is 0 Å². The summed E-state index contributed by atoms with van der Waals surface area (Å²) in [4.78, 5) is 22.6. The lowest BCUT2D eigenvalue weighted by molar-refractivity contribution is 0.0904. The molecule has 0 saturated carbocycles. The zero-order chi connectivity index (χ0) is 28.9. The number of piperazine rings is 1. The van der Waals surface area contributed by atoms with Crippen LogP contribution in [-0.4, -0.2) is 74.1 Å². The van der Waals surface area contributed by atoms with Gasteiger partial charge in [-0.1, -0.05) is 23.2 Å². The summed E-state index contributed by atoms with van der Waals surface area (Å²) in [5.74, 6) is -0.240. The molecule has 10 nitrogen and oxygen atoms in total. The van der Waals surface area contributed by atoms with Gasteiger partial charge >= 0.3 is 0 Å². The number of benzene rings is 2. The zero-order valence-electron chi connectivity index (χ0n) is 22.8. The summed E-state index contributed by atoms with van der Waals surface area (Å²) >= 11 is 12.4. The second-order valence-electron chi connectivity index (χ2n) is 10.3. The molecule has 6 N–H and O–H groups in total. The van der Waals surface area contributed by atoms with Crippen molar-refractivity contribution in [2.45, 2.75) is 18.9 Å². The molecule has 2 fully saturated rings. The molecular weight excluding hydrogens is 563 g/mol. The largest absolute Gasteiger partial charge is 0.397 e. The average Bonchev–Trinajstić information content (AvgIpc) is 2.97. The van der Waals surface area contributed by atoms with Gasteiger partial charge in [0.1, 0.15) is 11.5 Å². The maximum atomic E-state index is 13.5. The summed E-state index contributed by atoms with van der Waals surface area (Å²) < 4.78 is 5.52. The molecule has 2 aliphatic rings. The van der Waals surface area contributed by atoms with E-state index >= 15 is 0 Å². The van der Waals surface area contributed by atoms with Crippen LogP contribution in [0.1, 0.15) is 28.9 Å². The summed E-state index contributed by atoms with van der Waals surface area (Å²) in [6.45, 7) is 5.15. The Morgan fingerprint density at radius 1 is 1.02 bits per heavy atom. The Hall–Kier alpha value is -3.57. The Morgan fingerprint density at radius 2 is 1.78 bits per heavy atom. The molecular formula is C29H34Cl2N8O2. The second kappa shape index (κ2) is 12.9. The first kappa shape index (κ1) is 28.9. The van der Waals surface area contributed by atoms with Crippen LogP contribution >= 0.6 is 23.2 Å². The summed E-state index contributed by atoms with van der Waals surface area (Å²) in [6, 6.07) is 14.3. The molecule has 0 bridgehead atoms. The highest BCUT2D eigenvalue weighted by Gasteiger charge is 2.22. The number of ether oxygens (including phenoxy) is 1. The number of carbonyl (C=O) groups excluding carboxylic acids is 1. The Labute approximate surface area is 249 Å². The van der Waals surface area contributed by atoms with Crippen LogP contribution < -0.4 is 26.6 Å².